The number of nitrogens with one attached hydrogen (secondary N) is 3. The number of β-amino-alcohol motifs (C(OH)–C–C–N with tert-alkyl or cyclic N) is 1. The minimum atomic E-state index is -0.769. The van der Waals surface area contributed by atoms with Gasteiger partial charge in [0, 0.05) is 57.6 Å². The Kier molecular flexibility index (Phi) is 7.69. The van der Waals surface area contributed by atoms with Crippen molar-refractivity contribution in [1.29, 1.82) is 0 Å². The zero-order valence-electron chi connectivity index (χ0n) is 19.5. The Morgan fingerprint density at radius 2 is 1.97 bits per heavy atom. The van der Waals surface area contributed by atoms with Crippen LogP contribution in [0.5, 0.6) is 5.75 Å². The molecule has 186 valence electrons. The number of rotatable bonds is 0. The lowest BCUT2D eigenvalue weighted by atomic mass is 10.1. The van der Waals surface area contributed by atoms with Gasteiger partial charge in [0.2, 0.25) is 5.91 Å². The molecule has 35 heavy (non-hydrogen) atoms. The van der Waals surface area contributed by atoms with Gasteiger partial charge in [0.1, 0.15) is 36.4 Å². The van der Waals surface area contributed by atoms with E-state index >= 15 is 0 Å². The van der Waals surface area contributed by atoms with Crippen molar-refractivity contribution in [2.24, 2.45) is 0 Å². The van der Waals surface area contributed by atoms with Gasteiger partial charge in [0.15, 0.2) is 0 Å². The summed E-state index contributed by atoms with van der Waals surface area (Å²) in [4.78, 5) is 37.2. The van der Waals surface area contributed by atoms with E-state index in [9.17, 15) is 14.7 Å². The van der Waals surface area contributed by atoms with Crippen LogP contribution in [0.3, 0.4) is 0 Å². The van der Waals surface area contributed by atoms with Gasteiger partial charge < -0.3 is 35.6 Å². The number of amides is 2. The summed E-state index contributed by atoms with van der Waals surface area (Å²) in [6.45, 7) is 1.75. The monoisotopic (exact) mass is 501 g/mol. The molecule has 4 N–H and O–H groups in total. The van der Waals surface area contributed by atoms with Crippen LogP contribution in [0.15, 0.2) is 30.7 Å². The van der Waals surface area contributed by atoms with E-state index in [2.05, 4.69) is 25.9 Å². The number of hydrogen-bond donors (Lipinski definition) is 4. The molecule has 0 saturated heterocycles. The number of fused-ring (bicyclic) bond motifs is 2. The van der Waals surface area contributed by atoms with Gasteiger partial charge in [0.05, 0.1) is 16.2 Å². The number of nitrogens with zero attached hydrogens (tertiary/aromatic N) is 4. The van der Waals surface area contributed by atoms with Crippen molar-refractivity contribution >= 4 is 46.3 Å². The maximum absolute atomic E-state index is 12.6. The highest BCUT2D eigenvalue weighted by Crippen LogP contribution is 2.35. The summed E-state index contributed by atoms with van der Waals surface area (Å²) in [5.41, 5.74) is 1.55. The second-order valence-electron chi connectivity index (χ2n) is 8.47. The number of likely N-dealkylation sites (N-methyl/N-ethyl adjacent to an activating group) is 2. The van der Waals surface area contributed by atoms with E-state index in [4.69, 9.17) is 16.3 Å². The minimum Gasteiger partial charge on any atom is -0.489 e. The average molecular weight is 502 g/mol. The molecule has 1 aromatic carbocycles. The third-order valence-corrected chi connectivity index (χ3v) is 6.05. The lowest BCUT2D eigenvalue weighted by Gasteiger charge is -2.23. The summed E-state index contributed by atoms with van der Waals surface area (Å²) in [5.74, 6) is 0.958. The summed E-state index contributed by atoms with van der Waals surface area (Å²) in [6, 6.07) is 5.11. The SMILES string of the molecule is CN1CCC(=O)N(C)CCNc2ncnc3c2/C(=C/Nc2ccc(Cl)c(c2)OCC(O)C1)C(=O)N3. The number of carbonyl (C=O) groups excluding carboxylic acids is 2. The second kappa shape index (κ2) is 10.9. The smallest absolute Gasteiger partial charge is 0.259 e. The first-order chi connectivity index (χ1) is 16.8. The number of halogens is 1. The van der Waals surface area contributed by atoms with Crippen LogP contribution in [-0.2, 0) is 9.59 Å². The largest absolute Gasteiger partial charge is 0.489 e. The highest BCUT2D eigenvalue weighted by molar-refractivity contribution is 6.33. The molecule has 0 spiro atoms. The first-order valence-electron chi connectivity index (χ1n) is 11.2. The summed E-state index contributed by atoms with van der Waals surface area (Å²) < 4.78 is 5.75. The number of anilines is 3. The van der Waals surface area contributed by atoms with Crippen molar-refractivity contribution in [3.63, 3.8) is 0 Å². The van der Waals surface area contributed by atoms with Crippen molar-refractivity contribution < 1.29 is 19.4 Å². The number of aliphatic hydroxyl groups is 1. The molecule has 4 rings (SSSR count). The second-order valence-corrected chi connectivity index (χ2v) is 8.87. The maximum Gasteiger partial charge on any atom is 0.259 e. The predicted octanol–water partition coefficient (Wildman–Crippen LogP) is 1.48. The Morgan fingerprint density at radius 3 is 2.80 bits per heavy atom. The number of aromatic nitrogens is 2. The fourth-order valence-electron chi connectivity index (χ4n) is 3.79. The lowest BCUT2D eigenvalue weighted by Crippen LogP contribution is -2.37. The van der Waals surface area contributed by atoms with E-state index < -0.39 is 6.10 Å². The molecule has 12 heteroatoms. The molecule has 0 aliphatic carbocycles. The van der Waals surface area contributed by atoms with Crippen LogP contribution >= 0.6 is 11.6 Å². The van der Waals surface area contributed by atoms with Gasteiger partial charge in [0.25, 0.3) is 5.91 Å². The molecular formula is C23H28ClN7O4. The number of carbonyl (C=O) groups is 2. The van der Waals surface area contributed by atoms with Crippen molar-refractivity contribution in [1.82, 2.24) is 19.8 Å². The summed E-state index contributed by atoms with van der Waals surface area (Å²) in [6.07, 6.45) is 2.49. The molecule has 2 aromatic rings. The number of benzene rings is 1. The molecule has 2 aliphatic rings. The van der Waals surface area contributed by atoms with Gasteiger partial charge in [-0.15, -0.1) is 0 Å². The van der Waals surface area contributed by atoms with Crippen molar-refractivity contribution in [2.75, 3.05) is 62.8 Å². The fraction of sp³-hybridized carbons (Fsp3) is 0.391. The lowest BCUT2D eigenvalue weighted by molar-refractivity contribution is -0.130. The normalized spacial score (nSPS) is 21.5. The molecule has 11 nitrogen and oxygen atoms in total. The Bertz CT molecular complexity index is 1140. The Hall–Kier alpha value is -3.41. The van der Waals surface area contributed by atoms with E-state index in [1.165, 1.54) is 6.33 Å². The molecule has 3 heterocycles. The summed E-state index contributed by atoms with van der Waals surface area (Å²) in [7, 11) is 3.58. The van der Waals surface area contributed by atoms with Gasteiger partial charge in [-0.2, -0.15) is 0 Å². The summed E-state index contributed by atoms with van der Waals surface area (Å²) >= 11 is 6.27. The molecule has 1 atom stereocenters. The van der Waals surface area contributed by atoms with Gasteiger partial charge >= 0.3 is 0 Å². The minimum absolute atomic E-state index is 0.0167. The van der Waals surface area contributed by atoms with Crippen LogP contribution in [-0.4, -0.2) is 89.7 Å². The molecule has 1 unspecified atom stereocenters. The van der Waals surface area contributed by atoms with E-state index in [0.29, 0.717) is 71.8 Å². The Labute approximate surface area is 208 Å². The first kappa shape index (κ1) is 24.7. The third-order valence-electron chi connectivity index (χ3n) is 5.73. The van der Waals surface area contributed by atoms with Gasteiger partial charge in [-0.3, -0.25) is 9.59 Å². The molecule has 0 saturated carbocycles. The van der Waals surface area contributed by atoms with Crippen molar-refractivity contribution in [3.8, 4) is 5.75 Å². The van der Waals surface area contributed by atoms with Crippen molar-refractivity contribution in [3.05, 3.63) is 41.3 Å². The van der Waals surface area contributed by atoms with Crippen LogP contribution in [0.25, 0.3) is 5.57 Å². The fourth-order valence-corrected chi connectivity index (χ4v) is 3.96. The predicted molar refractivity (Wildman–Crippen MR) is 133 cm³/mol. The average Bonchev–Trinajstić information content (AvgIpc) is 3.16. The Balaban J connectivity index is 1.63. The highest BCUT2D eigenvalue weighted by Gasteiger charge is 2.29. The van der Waals surface area contributed by atoms with Crippen LogP contribution < -0.4 is 20.7 Å². The van der Waals surface area contributed by atoms with E-state index in [1.54, 1.807) is 36.3 Å². The summed E-state index contributed by atoms with van der Waals surface area (Å²) in [5, 5.41) is 19.8. The van der Waals surface area contributed by atoms with Crippen LogP contribution in [0, 0.1) is 0 Å². The van der Waals surface area contributed by atoms with E-state index in [0.717, 1.165) is 0 Å². The maximum atomic E-state index is 12.6. The van der Waals surface area contributed by atoms with E-state index in [1.807, 2.05) is 11.9 Å². The molecule has 2 bridgehead atoms. The number of aliphatic hydroxyl groups excluding tert-OH is 1. The Morgan fingerprint density at radius 1 is 1.17 bits per heavy atom. The number of ether oxygens (including phenoxy) is 1. The topological polar surface area (TPSA) is 132 Å². The molecule has 2 amide bonds. The highest BCUT2D eigenvalue weighted by atomic mass is 35.5. The quantitative estimate of drug-likeness (QED) is 0.423. The zero-order valence-corrected chi connectivity index (χ0v) is 20.3. The number of hydrogen-bond acceptors (Lipinski definition) is 9. The molecule has 2 aliphatic heterocycles. The van der Waals surface area contributed by atoms with Gasteiger partial charge in [-0.1, -0.05) is 11.6 Å². The standard InChI is InChI=1S/C23H28ClN7O4/c1-30-7-5-19(33)31(2)8-6-25-21-20-16(23(34)29-22(20)28-13-27-21)10-26-14-3-4-17(24)18(9-14)35-12-15(32)11-30/h3-4,9-10,13,15,26,32H,5-8,11-12H2,1-2H3,(H2,25,27,28,29,34)/b16-10-. The third kappa shape index (κ3) is 5.99. The molecule has 0 radical (unpaired) electrons. The molecular weight excluding hydrogens is 474 g/mol. The molecule has 1 aromatic heterocycles. The van der Waals surface area contributed by atoms with Crippen LogP contribution in [0.2, 0.25) is 5.02 Å². The first-order valence-corrected chi connectivity index (χ1v) is 11.6. The van der Waals surface area contributed by atoms with Crippen LogP contribution in [0.1, 0.15) is 12.0 Å². The van der Waals surface area contributed by atoms with E-state index in [-0.39, 0.29) is 18.4 Å². The molecule has 0 fully saturated rings. The van der Waals surface area contributed by atoms with Gasteiger partial charge in [-0.05, 0) is 19.2 Å². The van der Waals surface area contributed by atoms with Gasteiger partial charge in [-0.25, -0.2) is 9.97 Å². The van der Waals surface area contributed by atoms with Crippen LogP contribution in [0.4, 0.5) is 17.3 Å². The zero-order chi connectivity index (χ0) is 24.9. The van der Waals surface area contributed by atoms with Crippen molar-refractivity contribution in [2.45, 2.75) is 12.5 Å².